The van der Waals surface area contributed by atoms with Crippen LogP contribution in [-0.4, -0.2) is 26.3 Å². The molecule has 3 rings (SSSR count). The van der Waals surface area contributed by atoms with E-state index in [1.165, 1.54) is 25.3 Å². The molecule has 0 atom stereocenters. The molecule has 10 heteroatoms. The summed E-state index contributed by atoms with van der Waals surface area (Å²) in [6.07, 6.45) is 0. The maximum atomic E-state index is 13.8. The van der Waals surface area contributed by atoms with Gasteiger partial charge in [0.25, 0.3) is 0 Å². The van der Waals surface area contributed by atoms with Gasteiger partial charge in [-0.3, -0.25) is 0 Å². The maximum Gasteiger partial charge on any atom is 0.342 e. The van der Waals surface area contributed by atoms with E-state index in [1.807, 2.05) is 0 Å². The van der Waals surface area contributed by atoms with Crippen molar-refractivity contribution in [3.05, 3.63) is 64.2 Å². The molecule has 0 N–H and O–H groups in total. The quantitative estimate of drug-likeness (QED) is 0.177. The van der Waals surface area contributed by atoms with Gasteiger partial charge in [-0.1, -0.05) is 0 Å². The number of hydrogen-bond acceptors (Lipinski definition) is 5. The zero-order valence-corrected chi connectivity index (χ0v) is 15.8. The minimum absolute atomic E-state index is 0.0118. The molecule has 0 unspecified atom stereocenters. The van der Waals surface area contributed by atoms with Gasteiger partial charge in [0, 0.05) is 12.5 Å². The first-order valence-corrected chi connectivity index (χ1v) is 8.58. The van der Waals surface area contributed by atoms with Crippen LogP contribution in [-0.2, 0) is 16.1 Å². The first kappa shape index (κ1) is 21.6. The number of hydrogen-bond donors (Lipinski definition) is 0. The van der Waals surface area contributed by atoms with Gasteiger partial charge in [-0.25, -0.2) is 26.7 Å². The van der Waals surface area contributed by atoms with Crippen LogP contribution >= 0.6 is 0 Å². The molecular weight excluding hydrogens is 415 g/mol. The van der Waals surface area contributed by atoms with Crippen LogP contribution < -0.4 is 4.74 Å². The van der Waals surface area contributed by atoms with E-state index in [0.29, 0.717) is 11.0 Å². The van der Waals surface area contributed by atoms with Gasteiger partial charge in [-0.15, -0.1) is 0 Å². The number of carbonyl (C=O) groups excluding carboxylic acids is 1. The number of aryl methyl sites for hydroxylation is 1. The van der Waals surface area contributed by atoms with Gasteiger partial charge in [-0.05, 0) is 25.1 Å². The Morgan fingerprint density at radius 3 is 2.23 bits per heavy atom. The van der Waals surface area contributed by atoms with Crippen molar-refractivity contribution in [3.8, 4) is 5.75 Å². The van der Waals surface area contributed by atoms with Gasteiger partial charge in [0.05, 0.1) is 12.2 Å². The molecule has 160 valence electrons. The summed E-state index contributed by atoms with van der Waals surface area (Å²) in [4.78, 5) is 12.3. The number of methoxy groups -OCH3 is 1. The number of rotatable bonds is 7. The highest BCUT2D eigenvalue weighted by atomic mass is 19.2. The average Bonchev–Trinajstić information content (AvgIpc) is 3.06. The standard InChI is InChI=1S/C20H15F5O5/c1-9-14(20(26)28-6-5-27-2)11-7-10(3-4-13(11)30-9)29-8-12-15(21)17(23)19(25)18(24)16(12)22/h3-4,7H,5-6,8H2,1-2H3. The molecule has 0 fully saturated rings. The molecule has 5 nitrogen and oxygen atoms in total. The first-order chi connectivity index (χ1) is 14.3. The summed E-state index contributed by atoms with van der Waals surface area (Å²) in [5.41, 5.74) is -0.688. The highest BCUT2D eigenvalue weighted by Crippen LogP contribution is 2.31. The maximum absolute atomic E-state index is 13.8. The second-order valence-electron chi connectivity index (χ2n) is 6.16. The SMILES string of the molecule is COCCOC(=O)c1c(C)oc2ccc(OCc3c(F)c(F)c(F)c(F)c3F)cc12. The lowest BCUT2D eigenvalue weighted by Crippen LogP contribution is -2.10. The molecule has 0 aliphatic rings. The van der Waals surface area contributed by atoms with Gasteiger partial charge in [-0.2, -0.15) is 0 Å². The van der Waals surface area contributed by atoms with Gasteiger partial charge in [0.2, 0.25) is 5.82 Å². The van der Waals surface area contributed by atoms with E-state index in [4.69, 9.17) is 18.6 Å². The first-order valence-electron chi connectivity index (χ1n) is 8.58. The third-order valence-corrected chi connectivity index (χ3v) is 4.24. The van der Waals surface area contributed by atoms with Crippen molar-refractivity contribution in [3.63, 3.8) is 0 Å². The lowest BCUT2D eigenvalue weighted by molar-refractivity contribution is 0.0388. The molecule has 0 radical (unpaired) electrons. The van der Waals surface area contributed by atoms with Crippen molar-refractivity contribution in [1.82, 2.24) is 0 Å². The molecule has 0 aliphatic carbocycles. The van der Waals surface area contributed by atoms with Gasteiger partial charge in [0.15, 0.2) is 23.3 Å². The molecule has 1 heterocycles. The van der Waals surface area contributed by atoms with Crippen molar-refractivity contribution >= 4 is 16.9 Å². The predicted molar refractivity (Wildman–Crippen MR) is 93.7 cm³/mol. The van der Waals surface area contributed by atoms with Crippen molar-refractivity contribution in [1.29, 1.82) is 0 Å². The minimum atomic E-state index is -2.25. The normalized spacial score (nSPS) is 11.2. The molecule has 3 aromatic rings. The molecule has 30 heavy (non-hydrogen) atoms. The third kappa shape index (κ3) is 3.95. The van der Waals surface area contributed by atoms with Gasteiger partial charge < -0.3 is 18.6 Å². The lowest BCUT2D eigenvalue weighted by Gasteiger charge is -2.10. The van der Waals surface area contributed by atoms with Gasteiger partial charge >= 0.3 is 5.97 Å². The van der Waals surface area contributed by atoms with E-state index in [0.717, 1.165) is 0 Å². The zero-order chi connectivity index (χ0) is 22.0. The Labute approximate surface area is 166 Å². The van der Waals surface area contributed by atoms with E-state index < -0.39 is 47.2 Å². The molecule has 0 bridgehead atoms. The molecular formula is C20H15F5O5. The molecule has 0 saturated heterocycles. The Morgan fingerprint density at radius 1 is 0.967 bits per heavy atom. The number of halogens is 5. The van der Waals surface area contributed by atoms with Crippen molar-refractivity contribution in [2.75, 3.05) is 20.3 Å². The number of benzene rings is 2. The van der Waals surface area contributed by atoms with Crippen molar-refractivity contribution < 1.29 is 45.4 Å². The number of fused-ring (bicyclic) bond motifs is 1. The highest BCUT2D eigenvalue weighted by molar-refractivity contribution is 6.04. The Hall–Kier alpha value is -3.14. The average molecular weight is 430 g/mol. The van der Waals surface area contributed by atoms with E-state index in [1.54, 1.807) is 6.92 Å². The number of furan rings is 1. The van der Waals surface area contributed by atoms with Crippen LogP contribution in [0.5, 0.6) is 5.75 Å². The molecule has 2 aromatic carbocycles. The number of ether oxygens (including phenoxy) is 3. The summed E-state index contributed by atoms with van der Waals surface area (Å²) < 4.78 is 87.9. The molecule has 0 amide bonds. The molecule has 0 saturated carbocycles. The smallest absolute Gasteiger partial charge is 0.342 e. The fraction of sp³-hybridized carbons (Fsp3) is 0.250. The fourth-order valence-corrected chi connectivity index (χ4v) is 2.76. The summed E-state index contributed by atoms with van der Waals surface area (Å²) in [5, 5.41) is 0.296. The van der Waals surface area contributed by atoms with E-state index in [9.17, 15) is 26.7 Å². The van der Waals surface area contributed by atoms with Crippen molar-refractivity contribution in [2.45, 2.75) is 13.5 Å². The summed E-state index contributed by atoms with van der Waals surface area (Å²) in [7, 11) is 1.44. The second kappa shape index (κ2) is 8.70. The topological polar surface area (TPSA) is 57.9 Å². The predicted octanol–water partition coefficient (Wildman–Crippen LogP) is 4.82. The van der Waals surface area contributed by atoms with Crippen LogP contribution in [0.4, 0.5) is 22.0 Å². The Balaban J connectivity index is 1.88. The van der Waals surface area contributed by atoms with E-state index >= 15 is 0 Å². The largest absolute Gasteiger partial charge is 0.489 e. The van der Waals surface area contributed by atoms with Crippen LogP contribution in [0.25, 0.3) is 11.0 Å². The molecule has 0 aliphatic heterocycles. The van der Waals surface area contributed by atoms with Crippen LogP contribution in [0.2, 0.25) is 0 Å². The Kier molecular flexibility index (Phi) is 6.25. The zero-order valence-electron chi connectivity index (χ0n) is 15.8. The van der Waals surface area contributed by atoms with Crippen LogP contribution in [0.3, 0.4) is 0 Å². The third-order valence-electron chi connectivity index (χ3n) is 4.24. The Morgan fingerprint density at radius 2 is 1.60 bits per heavy atom. The number of esters is 1. The van der Waals surface area contributed by atoms with E-state index in [-0.39, 0.29) is 30.3 Å². The number of carbonyl (C=O) groups is 1. The van der Waals surface area contributed by atoms with E-state index in [2.05, 4.69) is 0 Å². The van der Waals surface area contributed by atoms with Crippen molar-refractivity contribution in [2.24, 2.45) is 0 Å². The van der Waals surface area contributed by atoms with Crippen LogP contribution in [0.15, 0.2) is 22.6 Å². The van der Waals surface area contributed by atoms with Crippen LogP contribution in [0, 0.1) is 36.0 Å². The summed E-state index contributed by atoms with van der Waals surface area (Å²) in [6.45, 7) is 0.818. The fourth-order valence-electron chi connectivity index (χ4n) is 2.76. The van der Waals surface area contributed by atoms with Gasteiger partial charge in [0.1, 0.15) is 35.9 Å². The van der Waals surface area contributed by atoms with Crippen LogP contribution in [0.1, 0.15) is 21.7 Å². The molecule has 1 aromatic heterocycles. The minimum Gasteiger partial charge on any atom is -0.489 e. The monoisotopic (exact) mass is 430 g/mol. The summed E-state index contributed by atoms with van der Waals surface area (Å²) in [6, 6.07) is 4.13. The lowest BCUT2D eigenvalue weighted by atomic mass is 10.1. The second-order valence-corrected chi connectivity index (χ2v) is 6.16. The Bertz CT molecular complexity index is 1080. The summed E-state index contributed by atoms with van der Waals surface area (Å²) >= 11 is 0. The molecule has 0 spiro atoms. The highest BCUT2D eigenvalue weighted by Gasteiger charge is 2.26. The summed E-state index contributed by atoms with van der Waals surface area (Å²) in [5.74, 6) is -10.7.